The van der Waals surface area contributed by atoms with Gasteiger partial charge in [-0.15, -0.1) is 0 Å². The lowest BCUT2D eigenvalue weighted by Gasteiger charge is -2.36. The highest BCUT2D eigenvalue weighted by Gasteiger charge is 2.38. The van der Waals surface area contributed by atoms with Gasteiger partial charge in [-0.3, -0.25) is 14.9 Å². The number of hydrogen-bond donors (Lipinski definition) is 0. The number of benzene rings is 1. The van der Waals surface area contributed by atoms with Crippen LogP contribution in [0, 0.1) is 10.1 Å². The predicted octanol–water partition coefficient (Wildman–Crippen LogP) is 1.80. The van der Waals surface area contributed by atoms with E-state index >= 15 is 0 Å². The maximum absolute atomic E-state index is 11.6. The fraction of sp³-hybridized carbons (Fsp3) is 0.462. The van der Waals surface area contributed by atoms with E-state index in [-0.39, 0.29) is 10.8 Å². The molecule has 2 unspecified atom stereocenters. The molecule has 1 amide bonds. The number of fused-ring (bicyclic) bond motifs is 1. The van der Waals surface area contributed by atoms with Gasteiger partial charge in [-0.25, -0.2) is 0 Å². The first-order valence-corrected chi connectivity index (χ1v) is 6.01. The molecule has 18 heavy (non-hydrogen) atoms. The van der Waals surface area contributed by atoms with Gasteiger partial charge < -0.3 is 4.90 Å². The summed E-state index contributed by atoms with van der Waals surface area (Å²) in [4.78, 5) is 24.0. The van der Waals surface area contributed by atoms with Crippen LogP contribution in [0.3, 0.4) is 0 Å². The lowest BCUT2D eigenvalue weighted by molar-refractivity contribution is -0.526. The van der Waals surface area contributed by atoms with Crippen LogP contribution in [-0.4, -0.2) is 28.3 Å². The molecule has 0 fully saturated rings. The summed E-state index contributed by atoms with van der Waals surface area (Å²) in [5.41, 5.74) is 2.01. The summed E-state index contributed by atoms with van der Waals surface area (Å²) in [6.07, 6.45) is 0.761. The molecule has 2 rings (SSSR count). The standard InChI is InChI=1S/C13H16N2O3/c1-9(15(17)18)13-12-6-4-3-5-11(12)7-8-14(13)10(2)16/h3-6,9,13H,7-8H2,1-2H3. The van der Waals surface area contributed by atoms with E-state index in [0.29, 0.717) is 6.54 Å². The Hall–Kier alpha value is -1.91. The zero-order valence-corrected chi connectivity index (χ0v) is 10.5. The van der Waals surface area contributed by atoms with E-state index in [9.17, 15) is 14.9 Å². The van der Waals surface area contributed by atoms with E-state index in [0.717, 1.165) is 17.5 Å². The van der Waals surface area contributed by atoms with Crippen molar-refractivity contribution in [2.45, 2.75) is 32.4 Å². The lowest BCUT2D eigenvalue weighted by atomic mass is 9.89. The fourth-order valence-corrected chi connectivity index (χ4v) is 2.59. The first-order valence-electron chi connectivity index (χ1n) is 6.01. The van der Waals surface area contributed by atoms with E-state index in [1.54, 1.807) is 11.8 Å². The first kappa shape index (κ1) is 12.5. The maximum atomic E-state index is 11.6. The number of nitrogens with zero attached hydrogens (tertiary/aromatic N) is 2. The summed E-state index contributed by atoms with van der Waals surface area (Å²) < 4.78 is 0. The smallest absolute Gasteiger partial charge is 0.234 e. The van der Waals surface area contributed by atoms with Crippen LogP contribution in [0.1, 0.15) is 31.0 Å². The van der Waals surface area contributed by atoms with Crippen LogP contribution in [0.5, 0.6) is 0 Å². The average molecular weight is 248 g/mol. The minimum Gasteiger partial charge on any atom is -0.329 e. The average Bonchev–Trinajstić information content (AvgIpc) is 2.36. The molecule has 0 aliphatic carbocycles. The molecule has 96 valence electrons. The first-order chi connectivity index (χ1) is 8.52. The van der Waals surface area contributed by atoms with E-state index in [4.69, 9.17) is 0 Å². The van der Waals surface area contributed by atoms with Crippen molar-refractivity contribution in [1.82, 2.24) is 4.90 Å². The Morgan fingerprint density at radius 2 is 2.17 bits per heavy atom. The molecule has 5 nitrogen and oxygen atoms in total. The van der Waals surface area contributed by atoms with Crippen molar-refractivity contribution in [2.24, 2.45) is 0 Å². The Kier molecular flexibility index (Phi) is 3.32. The molecule has 0 N–H and O–H groups in total. The Labute approximate surface area is 106 Å². The summed E-state index contributed by atoms with van der Waals surface area (Å²) in [6, 6.07) is 6.40. The minimum atomic E-state index is -0.796. The Morgan fingerprint density at radius 3 is 2.78 bits per heavy atom. The van der Waals surface area contributed by atoms with Crippen molar-refractivity contribution in [3.63, 3.8) is 0 Å². The van der Waals surface area contributed by atoms with E-state index in [2.05, 4.69) is 0 Å². The number of hydrogen-bond acceptors (Lipinski definition) is 3. The van der Waals surface area contributed by atoms with Gasteiger partial charge in [0.05, 0.1) is 0 Å². The van der Waals surface area contributed by atoms with Gasteiger partial charge in [0.15, 0.2) is 0 Å². The van der Waals surface area contributed by atoms with Crippen molar-refractivity contribution in [3.8, 4) is 0 Å². The van der Waals surface area contributed by atoms with Crippen LogP contribution in [-0.2, 0) is 11.2 Å². The van der Waals surface area contributed by atoms with Gasteiger partial charge in [-0.2, -0.15) is 0 Å². The number of carbonyl (C=O) groups is 1. The van der Waals surface area contributed by atoms with Gasteiger partial charge in [0.2, 0.25) is 11.9 Å². The van der Waals surface area contributed by atoms with Gasteiger partial charge >= 0.3 is 0 Å². The fourth-order valence-electron chi connectivity index (χ4n) is 2.59. The highest BCUT2D eigenvalue weighted by molar-refractivity contribution is 5.74. The van der Waals surface area contributed by atoms with Gasteiger partial charge in [0, 0.05) is 25.3 Å². The highest BCUT2D eigenvalue weighted by atomic mass is 16.6. The summed E-state index contributed by atoms with van der Waals surface area (Å²) in [7, 11) is 0. The largest absolute Gasteiger partial charge is 0.329 e. The minimum absolute atomic E-state index is 0.108. The van der Waals surface area contributed by atoms with Gasteiger partial charge in [-0.1, -0.05) is 24.3 Å². The molecule has 1 heterocycles. The molecule has 0 spiro atoms. The zero-order valence-electron chi connectivity index (χ0n) is 10.5. The monoisotopic (exact) mass is 248 g/mol. The van der Waals surface area contributed by atoms with Crippen molar-refractivity contribution in [1.29, 1.82) is 0 Å². The van der Waals surface area contributed by atoms with E-state index < -0.39 is 12.1 Å². The summed E-state index contributed by atoms with van der Waals surface area (Å²) in [5, 5.41) is 11.0. The third-order valence-electron chi connectivity index (χ3n) is 3.53. The summed E-state index contributed by atoms with van der Waals surface area (Å²) in [6.45, 7) is 3.57. The van der Waals surface area contributed by atoms with Gasteiger partial charge in [0.1, 0.15) is 6.04 Å². The number of carbonyl (C=O) groups excluding carboxylic acids is 1. The molecule has 0 aromatic heterocycles. The van der Waals surface area contributed by atoms with Crippen molar-refractivity contribution in [3.05, 3.63) is 45.5 Å². The molecule has 5 heteroatoms. The van der Waals surface area contributed by atoms with E-state index in [1.807, 2.05) is 24.3 Å². The van der Waals surface area contributed by atoms with Crippen LogP contribution < -0.4 is 0 Å². The second kappa shape index (κ2) is 4.76. The van der Waals surface area contributed by atoms with Crippen molar-refractivity contribution < 1.29 is 9.72 Å². The Bertz CT molecular complexity index is 487. The Balaban J connectivity index is 2.47. The predicted molar refractivity (Wildman–Crippen MR) is 66.7 cm³/mol. The maximum Gasteiger partial charge on any atom is 0.234 e. The molecule has 1 aromatic carbocycles. The normalized spacial score (nSPS) is 20.1. The number of nitro groups is 1. The molecular formula is C13H16N2O3. The quantitative estimate of drug-likeness (QED) is 0.592. The van der Waals surface area contributed by atoms with Crippen LogP contribution in [0.25, 0.3) is 0 Å². The molecular weight excluding hydrogens is 232 g/mol. The van der Waals surface area contributed by atoms with Gasteiger partial charge in [0.25, 0.3) is 0 Å². The molecule has 0 radical (unpaired) electrons. The zero-order chi connectivity index (χ0) is 13.3. The van der Waals surface area contributed by atoms with Crippen LogP contribution in [0.4, 0.5) is 0 Å². The summed E-state index contributed by atoms with van der Waals surface area (Å²) >= 11 is 0. The molecule has 0 saturated heterocycles. The Morgan fingerprint density at radius 1 is 1.50 bits per heavy atom. The lowest BCUT2D eigenvalue weighted by Crippen LogP contribution is -2.45. The van der Waals surface area contributed by atoms with Crippen molar-refractivity contribution in [2.75, 3.05) is 6.54 Å². The second-order valence-electron chi connectivity index (χ2n) is 4.63. The molecule has 2 atom stereocenters. The highest BCUT2D eigenvalue weighted by Crippen LogP contribution is 2.33. The number of rotatable bonds is 2. The second-order valence-corrected chi connectivity index (χ2v) is 4.63. The van der Waals surface area contributed by atoms with Crippen LogP contribution in [0.2, 0.25) is 0 Å². The van der Waals surface area contributed by atoms with Crippen LogP contribution >= 0.6 is 0 Å². The molecule has 1 aliphatic heterocycles. The van der Waals surface area contributed by atoms with Crippen LogP contribution in [0.15, 0.2) is 24.3 Å². The molecule has 1 aliphatic rings. The topological polar surface area (TPSA) is 63.5 Å². The third-order valence-corrected chi connectivity index (χ3v) is 3.53. The SMILES string of the molecule is CC(=O)N1CCc2ccccc2C1C(C)[N+](=O)[O-]. The molecule has 0 bridgehead atoms. The summed E-state index contributed by atoms with van der Waals surface area (Å²) in [5.74, 6) is -0.108. The van der Waals surface area contributed by atoms with E-state index in [1.165, 1.54) is 6.92 Å². The molecule has 0 saturated carbocycles. The number of amides is 1. The van der Waals surface area contributed by atoms with Gasteiger partial charge in [-0.05, 0) is 17.5 Å². The molecule has 1 aromatic rings. The third kappa shape index (κ3) is 2.08. The van der Waals surface area contributed by atoms with Crippen molar-refractivity contribution >= 4 is 5.91 Å².